The van der Waals surface area contributed by atoms with Gasteiger partial charge in [0, 0.05) is 6.08 Å². The van der Waals surface area contributed by atoms with E-state index in [1.54, 1.807) is 5.94 Å². The second-order valence-electron chi connectivity index (χ2n) is 2.17. The molecule has 0 aliphatic heterocycles. The van der Waals surface area contributed by atoms with Gasteiger partial charge in [-0.15, -0.1) is 0 Å². The number of benzene rings is 1. The Morgan fingerprint density at radius 1 is 1.30 bits per heavy atom. The van der Waals surface area contributed by atoms with Gasteiger partial charge in [0.25, 0.3) is 0 Å². The predicted octanol–water partition coefficient (Wildman–Crippen LogP) is 1.84. The second-order valence-corrected chi connectivity index (χ2v) is 2.17. The van der Waals surface area contributed by atoms with Gasteiger partial charge >= 0.3 is 0 Å². The zero-order chi connectivity index (χ0) is 7.40. The van der Waals surface area contributed by atoms with Crippen LogP contribution in [0.1, 0.15) is 11.1 Å². The van der Waals surface area contributed by atoms with E-state index < -0.39 is 0 Å². The standard InChI is InChI=1S/C9H8O/c1-8-2-4-9(5-3-8)6-7-10/h2-6H,1H3. The molecule has 0 radical (unpaired) electrons. The van der Waals surface area contributed by atoms with Gasteiger partial charge in [-0.3, -0.25) is 0 Å². The number of hydrogen-bond acceptors (Lipinski definition) is 1. The Bertz CT molecular complexity index is 253. The van der Waals surface area contributed by atoms with Crippen LogP contribution in [-0.4, -0.2) is 5.94 Å². The molecule has 0 saturated heterocycles. The van der Waals surface area contributed by atoms with Crippen LogP contribution >= 0.6 is 0 Å². The minimum absolute atomic E-state index is 0.903. The van der Waals surface area contributed by atoms with Crippen molar-refractivity contribution in [2.45, 2.75) is 6.92 Å². The fourth-order valence-corrected chi connectivity index (χ4v) is 0.731. The van der Waals surface area contributed by atoms with E-state index in [0.717, 1.165) is 5.56 Å². The van der Waals surface area contributed by atoms with Crippen LogP contribution in [0.3, 0.4) is 0 Å². The highest BCUT2D eigenvalue weighted by atomic mass is 16.1. The number of carbonyl (C=O) groups excluding carboxylic acids is 1. The lowest BCUT2D eigenvalue weighted by atomic mass is 10.1. The molecule has 0 spiro atoms. The molecule has 0 atom stereocenters. The Morgan fingerprint density at radius 2 is 1.90 bits per heavy atom. The molecule has 1 rings (SSSR count). The number of hydrogen-bond donors (Lipinski definition) is 0. The molecular formula is C9H8O. The second kappa shape index (κ2) is 3.00. The minimum Gasteiger partial charge on any atom is -0.233 e. The highest BCUT2D eigenvalue weighted by Crippen LogP contribution is 2.02. The van der Waals surface area contributed by atoms with Gasteiger partial charge in [-0.25, -0.2) is 4.79 Å². The van der Waals surface area contributed by atoms with E-state index in [-0.39, 0.29) is 0 Å². The predicted molar refractivity (Wildman–Crippen MR) is 41.3 cm³/mol. The Kier molecular flexibility index (Phi) is 2.03. The molecule has 0 fully saturated rings. The molecule has 1 aromatic rings. The van der Waals surface area contributed by atoms with Gasteiger partial charge < -0.3 is 0 Å². The Labute approximate surface area is 60.0 Å². The normalized spacial score (nSPS) is 8.50. The fourth-order valence-electron chi connectivity index (χ4n) is 0.731. The maximum atomic E-state index is 9.88. The Morgan fingerprint density at radius 3 is 2.40 bits per heavy atom. The summed E-state index contributed by atoms with van der Waals surface area (Å²) >= 11 is 0. The third-order valence-corrected chi connectivity index (χ3v) is 1.30. The van der Waals surface area contributed by atoms with Crippen molar-refractivity contribution in [1.82, 2.24) is 0 Å². The summed E-state index contributed by atoms with van der Waals surface area (Å²) in [5, 5.41) is 0. The molecule has 50 valence electrons. The Hall–Kier alpha value is -1.33. The minimum atomic E-state index is 0.903. The average Bonchev–Trinajstić information content (AvgIpc) is 1.95. The van der Waals surface area contributed by atoms with Crippen molar-refractivity contribution in [2.75, 3.05) is 0 Å². The molecular weight excluding hydrogens is 124 g/mol. The first-order valence-corrected chi connectivity index (χ1v) is 3.10. The van der Waals surface area contributed by atoms with E-state index in [4.69, 9.17) is 0 Å². The van der Waals surface area contributed by atoms with Crippen molar-refractivity contribution >= 4 is 12.0 Å². The van der Waals surface area contributed by atoms with Gasteiger partial charge in [0.15, 0.2) is 0 Å². The lowest BCUT2D eigenvalue weighted by Gasteiger charge is -1.90. The topological polar surface area (TPSA) is 17.1 Å². The molecule has 1 nitrogen and oxygen atoms in total. The van der Waals surface area contributed by atoms with E-state index in [0.29, 0.717) is 0 Å². The lowest BCUT2D eigenvalue weighted by Crippen LogP contribution is -1.72. The molecule has 0 heterocycles. The summed E-state index contributed by atoms with van der Waals surface area (Å²) in [4.78, 5) is 9.88. The van der Waals surface area contributed by atoms with Crippen LogP contribution in [-0.2, 0) is 4.79 Å². The van der Waals surface area contributed by atoms with Gasteiger partial charge in [0.05, 0.1) is 0 Å². The van der Waals surface area contributed by atoms with Crippen LogP contribution in [0.15, 0.2) is 24.3 Å². The molecule has 10 heavy (non-hydrogen) atoms. The summed E-state index contributed by atoms with van der Waals surface area (Å²) in [6.45, 7) is 2.01. The SMILES string of the molecule is Cc1ccc(C=C=O)cc1. The van der Waals surface area contributed by atoms with Crippen LogP contribution in [0.25, 0.3) is 6.08 Å². The van der Waals surface area contributed by atoms with Crippen LogP contribution in [0.4, 0.5) is 0 Å². The van der Waals surface area contributed by atoms with Crippen LogP contribution in [0.2, 0.25) is 0 Å². The summed E-state index contributed by atoms with van der Waals surface area (Å²) in [5.74, 6) is 1.73. The van der Waals surface area contributed by atoms with Crippen LogP contribution < -0.4 is 0 Å². The molecule has 0 amide bonds. The molecule has 0 N–H and O–H groups in total. The van der Waals surface area contributed by atoms with Gasteiger partial charge in [-0.05, 0) is 12.5 Å². The third-order valence-electron chi connectivity index (χ3n) is 1.30. The van der Waals surface area contributed by atoms with Crippen molar-refractivity contribution in [3.05, 3.63) is 35.4 Å². The maximum absolute atomic E-state index is 9.88. The third kappa shape index (κ3) is 1.57. The molecule has 0 aromatic heterocycles. The van der Waals surface area contributed by atoms with E-state index in [9.17, 15) is 4.79 Å². The zero-order valence-electron chi connectivity index (χ0n) is 5.79. The van der Waals surface area contributed by atoms with Crippen molar-refractivity contribution in [3.63, 3.8) is 0 Å². The van der Waals surface area contributed by atoms with Crippen molar-refractivity contribution in [1.29, 1.82) is 0 Å². The number of aryl methyl sites for hydroxylation is 1. The monoisotopic (exact) mass is 132 g/mol. The molecule has 0 bridgehead atoms. The van der Waals surface area contributed by atoms with E-state index in [1.165, 1.54) is 11.6 Å². The molecule has 1 heteroatoms. The van der Waals surface area contributed by atoms with Gasteiger partial charge in [0.1, 0.15) is 5.94 Å². The van der Waals surface area contributed by atoms with E-state index >= 15 is 0 Å². The van der Waals surface area contributed by atoms with Crippen molar-refractivity contribution in [3.8, 4) is 0 Å². The first kappa shape index (κ1) is 6.79. The quantitative estimate of drug-likeness (QED) is 0.533. The summed E-state index contributed by atoms with van der Waals surface area (Å²) < 4.78 is 0. The highest BCUT2D eigenvalue weighted by molar-refractivity contribution is 5.74. The fraction of sp³-hybridized carbons (Fsp3) is 0.111. The molecule has 1 aromatic carbocycles. The first-order valence-electron chi connectivity index (χ1n) is 3.10. The summed E-state index contributed by atoms with van der Waals surface area (Å²) in [5.41, 5.74) is 2.10. The summed E-state index contributed by atoms with van der Waals surface area (Å²) in [7, 11) is 0. The summed E-state index contributed by atoms with van der Waals surface area (Å²) in [6.07, 6.45) is 1.42. The average molecular weight is 132 g/mol. The van der Waals surface area contributed by atoms with Gasteiger partial charge in [-0.1, -0.05) is 29.8 Å². The Balaban J connectivity index is 3.00. The molecule has 0 unspecified atom stereocenters. The number of rotatable bonds is 1. The maximum Gasteiger partial charge on any atom is 0.125 e. The highest BCUT2D eigenvalue weighted by Gasteiger charge is 1.84. The smallest absolute Gasteiger partial charge is 0.125 e. The van der Waals surface area contributed by atoms with E-state index in [2.05, 4.69) is 0 Å². The molecule has 0 aliphatic carbocycles. The first-order chi connectivity index (χ1) is 4.83. The van der Waals surface area contributed by atoms with Crippen LogP contribution in [0, 0.1) is 6.92 Å². The largest absolute Gasteiger partial charge is 0.233 e. The van der Waals surface area contributed by atoms with E-state index in [1.807, 2.05) is 31.2 Å². The zero-order valence-corrected chi connectivity index (χ0v) is 5.79. The lowest BCUT2D eigenvalue weighted by molar-refractivity contribution is 0.570. The van der Waals surface area contributed by atoms with Crippen molar-refractivity contribution in [2.24, 2.45) is 0 Å². The summed E-state index contributed by atoms with van der Waals surface area (Å²) in [6, 6.07) is 7.70. The molecule has 0 aliphatic rings. The van der Waals surface area contributed by atoms with Crippen molar-refractivity contribution < 1.29 is 4.79 Å². The van der Waals surface area contributed by atoms with Gasteiger partial charge in [-0.2, -0.15) is 0 Å². The van der Waals surface area contributed by atoms with Gasteiger partial charge in [0.2, 0.25) is 0 Å². The van der Waals surface area contributed by atoms with Crippen LogP contribution in [0.5, 0.6) is 0 Å². The molecule has 0 saturated carbocycles.